The second-order valence-corrected chi connectivity index (χ2v) is 6.87. The summed E-state index contributed by atoms with van der Waals surface area (Å²) >= 11 is 1.70. The highest BCUT2D eigenvalue weighted by atomic mass is 32.1. The molecular weight excluding hydrogens is 271 g/mol. The van der Waals surface area contributed by atoms with Crippen LogP contribution in [0.15, 0.2) is 29.6 Å². The van der Waals surface area contributed by atoms with Crippen LogP contribution in [0.4, 0.5) is 4.39 Å². The number of rotatable bonds is 5. The second kappa shape index (κ2) is 6.46. The van der Waals surface area contributed by atoms with Crippen molar-refractivity contribution in [3.63, 3.8) is 0 Å². The summed E-state index contributed by atoms with van der Waals surface area (Å²) in [6.45, 7) is 8.19. The van der Waals surface area contributed by atoms with Crippen molar-refractivity contribution < 1.29 is 4.39 Å². The van der Waals surface area contributed by atoms with Gasteiger partial charge in [-0.1, -0.05) is 32.9 Å². The minimum atomic E-state index is -0.181. The van der Waals surface area contributed by atoms with Gasteiger partial charge in [-0.25, -0.2) is 9.37 Å². The first-order valence-corrected chi connectivity index (χ1v) is 7.73. The van der Waals surface area contributed by atoms with Crippen molar-refractivity contribution in [1.29, 1.82) is 0 Å². The maximum atomic E-state index is 12.8. The molecule has 0 radical (unpaired) electrons. The number of nitrogens with zero attached hydrogens (tertiary/aromatic N) is 1. The lowest BCUT2D eigenvalue weighted by Gasteiger charge is -2.14. The van der Waals surface area contributed by atoms with Gasteiger partial charge in [0.05, 0.1) is 5.69 Å². The smallest absolute Gasteiger partial charge is 0.123 e. The van der Waals surface area contributed by atoms with E-state index in [1.54, 1.807) is 11.3 Å². The maximum Gasteiger partial charge on any atom is 0.123 e. The summed E-state index contributed by atoms with van der Waals surface area (Å²) in [6, 6.07) is 6.67. The van der Waals surface area contributed by atoms with Crippen molar-refractivity contribution in [1.82, 2.24) is 10.3 Å². The Morgan fingerprint density at radius 3 is 2.50 bits per heavy atom. The van der Waals surface area contributed by atoms with Crippen LogP contribution in [-0.2, 0) is 18.4 Å². The molecule has 0 unspecified atom stereocenters. The molecule has 2 aromatic rings. The molecule has 2 rings (SSSR count). The van der Waals surface area contributed by atoms with Gasteiger partial charge in [0.25, 0.3) is 0 Å². The average molecular weight is 292 g/mol. The Morgan fingerprint density at radius 1 is 1.20 bits per heavy atom. The van der Waals surface area contributed by atoms with E-state index in [4.69, 9.17) is 0 Å². The third kappa shape index (κ3) is 4.39. The monoisotopic (exact) mass is 292 g/mol. The van der Waals surface area contributed by atoms with Crippen LogP contribution >= 0.6 is 11.3 Å². The number of nitrogens with one attached hydrogen (secondary N) is 1. The average Bonchev–Trinajstić information content (AvgIpc) is 2.85. The molecule has 1 aromatic heterocycles. The quantitative estimate of drug-likeness (QED) is 0.845. The zero-order valence-corrected chi connectivity index (χ0v) is 13.1. The first kappa shape index (κ1) is 15.1. The molecular formula is C16H21FN2S. The normalized spacial score (nSPS) is 11.8. The summed E-state index contributed by atoms with van der Waals surface area (Å²) in [6.07, 6.45) is 0.901. The minimum absolute atomic E-state index is 0.114. The van der Waals surface area contributed by atoms with Gasteiger partial charge in [0.2, 0.25) is 0 Å². The molecule has 0 fully saturated rings. The lowest BCUT2D eigenvalue weighted by Crippen LogP contribution is -2.17. The SMILES string of the molecule is CC(C)(C)c1csc(CNCCc2ccc(F)cc2)n1. The van der Waals surface area contributed by atoms with Crippen LogP contribution in [0.3, 0.4) is 0 Å². The van der Waals surface area contributed by atoms with Crippen molar-refractivity contribution in [2.45, 2.75) is 39.2 Å². The van der Waals surface area contributed by atoms with Crippen LogP contribution < -0.4 is 5.32 Å². The lowest BCUT2D eigenvalue weighted by atomic mass is 9.93. The molecule has 20 heavy (non-hydrogen) atoms. The zero-order chi connectivity index (χ0) is 14.6. The van der Waals surface area contributed by atoms with Crippen LogP contribution in [0.5, 0.6) is 0 Å². The van der Waals surface area contributed by atoms with Crippen molar-refractivity contribution in [3.05, 3.63) is 51.7 Å². The molecule has 0 amide bonds. The van der Waals surface area contributed by atoms with E-state index < -0.39 is 0 Å². The molecule has 0 spiro atoms. The van der Waals surface area contributed by atoms with E-state index in [1.807, 2.05) is 12.1 Å². The van der Waals surface area contributed by atoms with Gasteiger partial charge in [-0.15, -0.1) is 11.3 Å². The summed E-state index contributed by atoms with van der Waals surface area (Å²) in [5, 5.41) is 6.64. The highest BCUT2D eigenvalue weighted by Crippen LogP contribution is 2.23. The van der Waals surface area contributed by atoms with Gasteiger partial charge in [0, 0.05) is 17.3 Å². The van der Waals surface area contributed by atoms with Gasteiger partial charge in [-0.2, -0.15) is 0 Å². The van der Waals surface area contributed by atoms with Crippen LogP contribution in [0, 0.1) is 5.82 Å². The van der Waals surface area contributed by atoms with E-state index in [9.17, 15) is 4.39 Å². The number of aromatic nitrogens is 1. The Balaban J connectivity index is 1.76. The van der Waals surface area contributed by atoms with Crippen molar-refractivity contribution in [2.75, 3.05) is 6.54 Å². The lowest BCUT2D eigenvalue weighted by molar-refractivity contribution is 0.568. The molecule has 0 aliphatic carbocycles. The fraction of sp³-hybridized carbons (Fsp3) is 0.438. The van der Waals surface area contributed by atoms with E-state index in [0.717, 1.165) is 35.8 Å². The van der Waals surface area contributed by atoms with E-state index >= 15 is 0 Å². The fourth-order valence-corrected chi connectivity index (χ4v) is 2.81. The predicted molar refractivity (Wildman–Crippen MR) is 82.6 cm³/mol. The van der Waals surface area contributed by atoms with Crippen molar-refractivity contribution in [3.8, 4) is 0 Å². The van der Waals surface area contributed by atoms with E-state index in [0.29, 0.717) is 0 Å². The standard InChI is InChI=1S/C16H21FN2S/c1-16(2,3)14-11-20-15(19-14)10-18-9-8-12-4-6-13(17)7-5-12/h4-7,11,18H,8-10H2,1-3H3. The first-order valence-electron chi connectivity index (χ1n) is 6.85. The summed E-state index contributed by atoms with van der Waals surface area (Å²) in [7, 11) is 0. The van der Waals surface area contributed by atoms with Gasteiger partial charge in [0.15, 0.2) is 0 Å². The molecule has 4 heteroatoms. The van der Waals surface area contributed by atoms with E-state index in [2.05, 4.69) is 36.5 Å². The van der Waals surface area contributed by atoms with Gasteiger partial charge in [0.1, 0.15) is 10.8 Å². The molecule has 1 heterocycles. The first-order chi connectivity index (χ1) is 9.45. The summed E-state index contributed by atoms with van der Waals surface area (Å²) < 4.78 is 12.8. The third-order valence-corrected chi connectivity index (χ3v) is 3.95. The molecule has 1 aromatic carbocycles. The molecule has 0 saturated heterocycles. The Hall–Kier alpha value is -1.26. The van der Waals surface area contributed by atoms with Gasteiger partial charge in [-0.3, -0.25) is 0 Å². The Morgan fingerprint density at radius 2 is 1.90 bits per heavy atom. The largest absolute Gasteiger partial charge is 0.310 e. The molecule has 2 nitrogen and oxygen atoms in total. The molecule has 0 atom stereocenters. The summed E-state index contributed by atoms with van der Waals surface area (Å²) in [5.74, 6) is -0.181. The van der Waals surface area contributed by atoms with Gasteiger partial charge < -0.3 is 5.32 Å². The van der Waals surface area contributed by atoms with Crippen LogP contribution in [0.1, 0.15) is 37.0 Å². The highest BCUT2D eigenvalue weighted by molar-refractivity contribution is 7.09. The fourth-order valence-electron chi connectivity index (χ4n) is 1.82. The number of benzene rings is 1. The molecule has 1 N–H and O–H groups in total. The van der Waals surface area contributed by atoms with Crippen LogP contribution in [-0.4, -0.2) is 11.5 Å². The predicted octanol–water partition coefficient (Wildman–Crippen LogP) is 3.91. The molecule has 108 valence electrons. The second-order valence-electron chi connectivity index (χ2n) is 5.93. The number of thiazole rings is 1. The maximum absolute atomic E-state index is 12.8. The Kier molecular flexibility index (Phi) is 4.89. The van der Waals surface area contributed by atoms with Crippen LogP contribution in [0.25, 0.3) is 0 Å². The third-order valence-electron chi connectivity index (χ3n) is 3.10. The molecule has 0 aliphatic heterocycles. The molecule has 0 bridgehead atoms. The van der Waals surface area contributed by atoms with Crippen LogP contribution in [0.2, 0.25) is 0 Å². The molecule has 0 aliphatic rings. The van der Waals surface area contributed by atoms with Gasteiger partial charge in [-0.05, 0) is 30.7 Å². The summed E-state index contributed by atoms with van der Waals surface area (Å²) in [5.41, 5.74) is 2.41. The van der Waals surface area contributed by atoms with Crippen molar-refractivity contribution in [2.24, 2.45) is 0 Å². The minimum Gasteiger partial charge on any atom is -0.310 e. The number of hydrogen-bond acceptors (Lipinski definition) is 3. The zero-order valence-electron chi connectivity index (χ0n) is 12.2. The Labute approximate surface area is 124 Å². The Bertz CT molecular complexity index is 540. The summed E-state index contributed by atoms with van der Waals surface area (Å²) in [4.78, 5) is 4.64. The van der Waals surface area contributed by atoms with E-state index in [1.165, 1.54) is 12.1 Å². The molecule has 0 saturated carbocycles. The highest BCUT2D eigenvalue weighted by Gasteiger charge is 2.16. The van der Waals surface area contributed by atoms with E-state index in [-0.39, 0.29) is 11.2 Å². The van der Waals surface area contributed by atoms with Gasteiger partial charge >= 0.3 is 0 Å². The van der Waals surface area contributed by atoms with Crippen molar-refractivity contribution >= 4 is 11.3 Å². The number of halogens is 1. The number of hydrogen-bond donors (Lipinski definition) is 1. The topological polar surface area (TPSA) is 24.9 Å².